The molecule has 6 heteroatoms. The van der Waals surface area contributed by atoms with Gasteiger partial charge in [-0.3, -0.25) is 4.79 Å². The predicted molar refractivity (Wildman–Crippen MR) is 104 cm³/mol. The highest BCUT2D eigenvalue weighted by atomic mass is 35.5. The van der Waals surface area contributed by atoms with E-state index in [1.807, 2.05) is 45.0 Å². The Bertz CT molecular complexity index is 805. The summed E-state index contributed by atoms with van der Waals surface area (Å²) >= 11 is 11.9. The van der Waals surface area contributed by atoms with Gasteiger partial charge in [-0.2, -0.15) is 0 Å². The number of hydrogen-bond donors (Lipinski definition) is 1. The van der Waals surface area contributed by atoms with E-state index in [2.05, 4.69) is 5.32 Å². The summed E-state index contributed by atoms with van der Waals surface area (Å²) in [5, 5.41) is 3.37. The lowest BCUT2D eigenvalue weighted by Crippen LogP contribution is -2.45. The molecule has 0 aliphatic heterocycles. The lowest BCUT2D eigenvalue weighted by atomic mass is 10.0. The summed E-state index contributed by atoms with van der Waals surface area (Å²) in [4.78, 5) is 25.0. The number of amides is 1. The van der Waals surface area contributed by atoms with Crippen LogP contribution in [0.3, 0.4) is 0 Å². The molecule has 0 unspecified atom stereocenters. The van der Waals surface area contributed by atoms with Crippen molar-refractivity contribution in [3.05, 3.63) is 69.2 Å². The number of benzene rings is 2. The smallest absolute Gasteiger partial charge is 0.329 e. The van der Waals surface area contributed by atoms with Gasteiger partial charge in [0.15, 0.2) is 0 Å². The highest BCUT2D eigenvalue weighted by Crippen LogP contribution is 2.21. The number of halogens is 2. The molecule has 2 aromatic rings. The van der Waals surface area contributed by atoms with Crippen molar-refractivity contribution >= 4 is 35.1 Å². The van der Waals surface area contributed by atoms with Gasteiger partial charge in [-0.1, -0.05) is 61.3 Å². The van der Waals surface area contributed by atoms with Crippen molar-refractivity contribution in [3.8, 4) is 0 Å². The first-order valence-electron chi connectivity index (χ1n) is 8.26. The van der Waals surface area contributed by atoms with Gasteiger partial charge in [-0.15, -0.1) is 0 Å². The van der Waals surface area contributed by atoms with Crippen molar-refractivity contribution in [2.45, 2.75) is 33.4 Å². The second kappa shape index (κ2) is 9.06. The molecule has 0 fully saturated rings. The third kappa shape index (κ3) is 5.23. The van der Waals surface area contributed by atoms with Crippen LogP contribution in [0.1, 0.15) is 35.3 Å². The van der Waals surface area contributed by atoms with Crippen molar-refractivity contribution in [3.63, 3.8) is 0 Å². The van der Waals surface area contributed by atoms with Crippen LogP contribution in [0.25, 0.3) is 0 Å². The minimum Gasteiger partial charge on any atom is -0.459 e. The Kier molecular flexibility index (Phi) is 7.06. The van der Waals surface area contributed by atoms with Crippen LogP contribution < -0.4 is 5.32 Å². The number of ether oxygens (including phenoxy) is 1. The van der Waals surface area contributed by atoms with Gasteiger partial charge >= 0.3 is 5.97 Å². The molecule has 0 bridgehead atoms. The molecule has 4 nitrogen and oxygen atoms in total. The predicted octanol–water partition coefficient (Wildman–Crippen LogP) is 4.80. The van der Waals surface area contributed by atoms with E-state index >= 15 is 0 Å². The number of rotatable bonds is 6. The fraction of sp³-hybridized carbons (Fsp3) is 0.300. The molecule has 0 saturated heterocycles. The maximum atomic E-state index is 12.5. The van der Waals surface area contributed by atoms with E-state index in [1.165, 1.54) is 12.1 Å². The van der Waals surface area contributed by atoms with Crippen molar-refractivity contribution in [1.82, 2.24) is 5.32 Å². The molecule has 0 heterocycles. The number of carbonyl (C=O) groups is 2. The Morgan fingerprint density at radius 1 is 1.12 bits per heavy atom. The summed E-state index contributed by atoms with van der Waals surface area (Å²) < 4.78 is 5.41. The Hall–Kier alpha value is -2.04. The Morgan fingerprint density at radius 3 is 2.42 bits per heavy atom. The molecule has 1 N–H and O–H groups in total. The Balaban J connectivity index is 2.06. The third-order valence-electron chi connectivity index (χ3n) is 4.01. The molecule has 0 saturated carbocycles. The van der Waals surface area contributed by atoms with E-state index in [0.29, 0.717) is 5.02 Å². The van der Waals surface area contributed by atoms with E-state index in [0.717, 1.165) is 11.1 Å². The van der Waals surface area contributed by atoms with E-state index in [1.54, 1.807) is 6.07 Å². The molecular weight excluding hydrogens is 373 g/mol. The van der Waals surface area contributed by atoms with Crippen molar-refractivity contribution in [2.24, 2.45) is 5.92 Å². The molecule has 1 atom stereocenters. The second-order valence-electron chi connectivity index (χ2n) is 6.35. The van der Waals surface area contributed by atoms with Gasteiger partial charge in [0.2, 0.25) is 0 Å². The van der Waals surface area contributed by atoms with Gasteiger partial charge in [0, 0.05) is 5.02 Å². The maximum Gasteiger partial charge on any atom is 0.329 e. The van der Waals surface area contributed by atoms with Crippen LogP contribution in [0.5, 0.6) is 0 Å². The van der Waals surface area contributed by atoms with Crippen LogP contribution >= 0.6 is 23.2 Å². The fourth-order valence-electron chi connectivity index (χ4n) is 2.40. The highest BCUT2D eigenvalue weighted by molar-refractivity contribution is 6.36. The van der Waals surface area contributed by atoms with E-state index < -0.39 is 17.9 Å². The summed E-state index contributed by atoms with van der Waals surface area (Å²) in [6, 6.07) is 11.5. The van der Waals surface area contributed by atoms with Gasteiger partial charge in [0.25, 0.3) is 5.91 Å². The first-order valence-corrected chi connectivity index (χ1v) is 9.02. The van der Waals surface area contributed by atoms with E-state index in [9.17, 15) is 9.59 Å². The molecule has 0 aliphatic rings. The molecule has 138 valence electrons. The molecule has 0 spiro atoms. The largest absolute Gasteiger partial charge is 0.459 e. The molecule has 2 rings (SSSR count). The van der Waals surface area contributed by atoms with Crippen molar-refractivity contribution in [2.75, 3.05) is 0 Å². The first-order chi connectivity index (χ1) is 12.3. The molecule has 1 amide bonds. The van der Waals surface area contributed by atoms with Gasteiger partial charge in [0.1, 0.15) is 12.6 Å². The standard InChI is InChI=1S/C20H21Cl2NO3/c1-12(2)18(20(25)26-11-14-7-5-4-6-13(14)3)23-19(24)16-9-8-15(21)10-17(16)22/h4-10,12,18H,11H2,1-3H3,(H,23,24)/t18-/m0/s1. The number of nitrogens with one attached hydrogen (secondary N) is 1. The second-order valence-corrected chi connectivity index (χ2v) is 7.20. The SMILES string of the molecule is Cc1ccccc1COC(=O)[C@@H](NC(=O)c1ccc(Cl)cc1Cl)C(C)C. The average molecular weight is 394 g/mol. The molecular formula is C20H21Cl2NO3. The first kappa shape index (κ1) is 20.3. The van der Waals surface area contributed by atoms with E-state index in [4.69, 9.17) is 27.9 Å². The molecule has 0 aromatic heterocycles. The summed E-state index contributed by atoms with van der Waals surface area (Å²) in [6.07, 6.45) is 0. The summed E-state index contributed by atoms with van der Waals surface area (Å²) in [5.74, 6) is -1.07. The fourth-order valence-corrected chi connectivity index (χ4v) is 2.90. The van der Waals surface area contributed by atoms with Crippen LogP contribution in [0.15, 0.2) is 42.5 Å². The monoisotopic (exact) mass is 393 g/mol. The Labute approximate surface area is 163 Å². The zero-order chi connectivity index (χ0) is 19.3. The minimum atomic E-state index is -0.779. The lowest BCUT2D eigenvalue weighted by molar-refractivity contribution is -0.148. The van der Waals surface area contributed by atoms with Gasteiger partial charge in [-0.05, 0) is 42.2 Å². The minimum absolute atomic E-state index is 0.144. The van der Waals surface area contributed by atoms with Crippen LogP contribution in [0.4, 0.5) is 0 Å². The third-order valence-corrected chi connectivity index (χ3v) is 4.56. The summed E-state index contributed by atoms with van der Waals surface area (Å²) in [7, 11) is 0. The molecule has 0 aliphatic carbocycles. The molecule has 2 aromatic carbocycles. The zero-order valence-electron chi connectivity index (χ0n) is 14.9. The van der Waals surface area contributed by atoms with Crippen LogP contribution in [-0.2, 0) is 16.1 Å². The number of aryl methyl sites for hydroxylation is 1. The topological polar surface area (TPSA) is 55.4 Å². The highest BCUT2D eigenvalue weighted by Gasteiger charge is 2.27. The van der Waals surface area contributed by atoms with Crippen LogP contribution in [0, 0.1) is 12.8 Å². The van der Waals surface area contributed by atoms with Crippen molar-refractivity contribution in [1.29, 1.82) is 0 Å². The Morgan fingerprint density at radius 2 is 1.81 bits per heavy atom. The number of esters is 1. The summed E-state index contributed by atoms with van der Waals surface area (Å²) in [5.41, 5.74) is 2.22. The van der Waals surface area contributed by atoms with Gasteiger partial charge in [-0.25, -0.2) is 4.79 Å². The molecule has 26 heavy (non-hydrogen) atoms. The average Bonchev–Trinajstić information content (AvgIpc) is 2.58. The maximum absolute atomic E-state index is 12.5. The number of carbonyl (C=O) groups excluding carboxylic acids is 2. The van der Waals surface area contributed by atoms with Gasteiger partial charge < -0.3 is 10.1 Å². The zero-order valence-corrected chi connectivity index (χ0v) is 16.4. The molecule has 0 radical (unpaired) electrons. The number of hydrogen-bond acceptors (Lipinski definition) is 3. The van der Waals surface area contributed by atoms with Gasteiger partial charge in [0.05, 0.1) is 10.6 Å². The quantitative estimate of drug-likeness (QED) is 0.716. The van der Waals surface area contributed by atoms with Crippen LogP contribution in [0.2, 0.25) is 10.0 Å². The van der Waals surface area contributed by atoms with Crippen molar-refractivity contribution < 1.29 is 14.3 Å². The summed E-state index contributed by atoms with van der Waals surface area (Å²) in [6.45, 7) is 5.78. The van der Waals surface area contributed by atoms with Crippen LogP contribution in [-0.4, -0.2) is 17.9 Å². The van der Waals surface area contributed by atoms with E-state index in [-0.39, 0.29) is 23.1 Å². The normalized spacial score (nSPS) is 11.9. The lowest BCUT2D eigenvalue weighted by Gasteiger charge is -2.21.